The molecule has 48 heavy (non-hydrogen) atoms. The third-order valence-corrected chi connectivity index (χ3v) is 10.1. The van der Waals surface area contributed by atoms with Gasteiger partial charge in [-0.2, -0.15) is 0 Å². The van der Waals surface area contributed by atoms with Crippen molar-refractivity contribution in [2.75, 3.05) is 18.9 Å². The number of hydrogen-bond donors (Lipinski definition) is 5. The summed E-state index contributed by atoms with van der Waals surface area (Å²) in [6.07, 6.45) is 3.40. The van der Waals surface area contributed by atoms with Gasteiger partial charge in [0.1, 0.15) is 34.2 Å². The van der Waals surface area contributed by atoms with Crippen molar-refractivity contribution in [2.24, 2.45) is 5.92 Å². The molecule has 3 aromatic rings. The minimum absolute atomic E-state index is 0.137. The van der Waals surface area contributed by atoms with E-state index >= 15 is 0 Å². The summed E-state index contributed by atoms with van der Waals surface area (Å²) in [6, 6.07) is 16.9. The van der Waals surface area contributed by atoms with Crippen LogP contribution in [-0.4, -0.2) is 64.1 Å². The van der Waals surface area contributed by atoms with Crippen LogP contribution in [0.1, 0.15) is 54.9 Å². The zero-order valence-corrected chi connectivity index (χ0v) is 26.8. The van der Waals surface area contributed by atoms with Crippen LogP contribution in [-0.2, 0) is 24.7 Å². The van der Waals surface area contributed by atoms with Crippen LogP contribution in [0.5, 0.6) is 5.75 Å². The maximum atomic E-state index is 13.9. The van der Waals surface area contributed by atoms with Gasteiger partial charge in [-0.25, -0.2) is 13.6 Å². The molecule has 0 spiro atoms. The average Bonchev–Trinajstić information content (AvgIpc) is 3.59. The van der Waals surface area contributed by atoms with E-state index in [0.29, 0.717) is 28.9 Å². The zero-order valence-electron chi connectivity index (χ0n) is 26.0. The number of amides is 3. The molecule has 3 amide bonds. The number of aliphatic hydroxyl groups excluding tert-OH is 1. The lowest BCUT2D eigenvalue weighted by atomic mass is 9.74. The molecule has 0 radical (unpaired) electrons. The van der Waals surface area contributed by atoms with Gasteiger partial charge in [0.15, 0.2) is 6.61 Å². The van der Waals surface area contributed by atoms with Gasteiger partial charge in [0.05, 0.1) is 12.6 Å². The number of carbonyl (C=O) groups is 4. The number of carboxylic acid groups (broad SMARTS) is 1. The highest BCUT2D eigenvalue weighted by Crippen LogP contribution is 2.46. The van der Waals surface area contributed by atoms with Gasteiger partial charge < -0.3 is 30.9 Å². The lowest BCUT2D eigenvalue weighted by Crippen LogP contribution is -2.69. The summed E-state index contributed by atoms with van der Waals surface area (Å²) < 4.78 is 32.8. The van der Waals surface area contributed by atoms with Gasteiger partial charge in [0, 0.05) is 5.75 Å². The van der Waals surface area contributed by atoms with Gasteiger partial charge in [-0.1, -0.05) is 62.1 Å². The number of carboxylic acids is 1. The van der Waals surface area contributed by atoms with Crippen molar-refractivity contribution in [3.63, 3.8) is 0 Å². The second-order valence-electron chi connectivity index (χ2n) is 12.0. The molecule has 5 N–H and O–H groups in total. The van der Waals surface area contributed by atoms with Gasteiger partial charge >= 0.3 is 5.97 Å². The third kappa shape index (κ3) is 8.32. The first-order chi connectivity index (χ1) is 23.0. The normalized spacial score (nSPS) is 20.2. The van der Waals surface area contributed by atoms with Crippen LogP contribution < -0.4 is 20.7 Å². The molecule has 1 heterocycles. The highest BCUT2D eigenvalue weighted by Gasteiger charge is 2.56. The molecule has 0 aromatic heterocycles. The Morgan fingerprint density at radius 2 is 1.50 bits per heavy atom. The summed E-state index contributed by atoms with van der Waals surface area (Å²) in [7, 11) is 0. The predicted molar refractivity (Wildman–Crippen MR) is 174 cm³/mol. The quantitative estimate of drug-likeness (QED) is 0.152. The molecule has 2 fully saturated rings. The van der Waals surface area contributed by atoms with E-state index in [1.54, 1.807) is 36.4 Å². The summed E-state index contributed by atoms with van der Waals surface area (Å²) in [5.74, 6) is -2.71. The molecular formula is C35H37F2N3O7S. The van der Waals surface area contributed by atoms with E-state index < -0.39 is 65.5 Å². The van der Waals surface area contributed by atoms with Crippen LogP contribution in [0.25, 0.3) is 0 Å². The highest BCUT2D eigenvalue weighted by molar-refractivity contribution is 8.00. The van der Waals surface area contributed by atoms with Crippen molar-refractivity contribution < 1.29 is 42.9 Å². The van der Waals surface area contributed by atoms with Crippen molar-refractivity contribution in [1.82, 2.24) is 16.0 Å². The number of ether oxygens (including phenoxy) is 1. The van der Waals surface area contributed by atoms with E-state index in [9.17, 15) is 38.2 Å². The Hall–Kier alpha value is -4.49. The van der Waals surface area contributed by atoms with Crippen LogP contribution in [0.3, 0.4) is 0 Å². The fourth-order valence-electron chi connectivity index (χ4n) is 6.18. The number of benzene rings is 3. The van der Waals surface area contributed by atoms with Crippen molar-refractivity contribution in [2.45, 2.75) is 55.0 Å². The van der Waals surface area contributed by atoms with Crippen LogP contribution in [0.2, 0.25) is 0 Å². The number of aliphatic hydroxyl groups is 1. The lowest BCUT2D eigenvalue weighted by Gasteiger charge is -2.50. The largest absolute Gasteiger partial charge is 0.484 e. The Balaban J connectivity index is 1.19. The maximum absolute atomic E-state index is 13.9. The number of aliphatic carboxylic acids is 1. The van der Waals surface area contributed by atoms with E-state index in [-0.39, 0.29) is 17.6 Å². The monoisotopic (exact) mass is 681 g/mol. The minimum atomic E-state index is -1.11. The van der Waals surface area contributed by atoms with Gasteiger partial charge in [-0.05, 0) is 65.4 Å². The number of β-lactam (4-membered cyclic amide) rings is 1. The van der Waals surface area contributed by atoms with E-state index in [0.717, 1.165) is 25.7 Å². The van der Waals surface area contributed by atoms with Crippen LogP contribution in [0.15, 0.2) is 72.8 Å². The second kappa shape index (κ2) is 15.6. The van der Waals surface area contributed by atoms with Crippen molar-refractivity contribution >= 4 is 35.5 Å². The standard InChI is InChI=1S/C35H37F2N3O7S/c36-25-11-5-22(6-12-25)29(41)20-48-32-33(44)40-35(32,23-7-13-26(37)14-8-23)24-9-15-27(16-10-24)47-19-31(43)38-18-30(42)39-28(34(45)46)17-21-3-1-2-4-21/h5-16,21,28-29,32,41H,1-4,17-20H2,(H,38,43)(H,39,42)(H,40,44)(H,45,46)/t28-,29?,32+,35+/m1/s1. The van der Waals surface area contributed by atoms with E-state index in [4.69, 9.17) is 4.74 Å². The number of carbonyl (C=O) groups excluding carboxylic acids is 3. The molecule has 1 saturated heterocycles. The van der Waals surface area contributed by atoms with E-state index in [1.807, 2.05) is 0 Å². The number of thioether (sulfide) groups is 1. The summed E-state index contributed by atoms with van der Waals surface area (Å²) >= 11 is 1.22. The van der Waals surface area contributed by atoms with Crippen molar-refractivity contribution in [3.05, 3.63) is 101 Å². The smallest absolute Gasteiger partial charge is 0.326 e. The van der Waals surface area contributed by atoms with Crippen LogP contribution >= 0.6 is 11.8 Å². The summed E-state index contributed by atoms with van der Waals surface area (Å²) in [6.45, 7) is -0.805. The predicted octanol–water partition coefficient (Wildman–Crippen LogP) is 3.82. The number of nitrogens with one attached hydrogen (secondary N) is 3. The van der Waals surface area contributed by atoms with Crippen molar-refractivity contribution in [1.29, 1.82) is 0 Å². The zero-order chi connectivity index (χ0) is 34.3. The van der Waals surface area contributed by atoms with Gasteiger partial charge in [0.25, 0.3) is 5.91 Å². The average molecular weight is 682 g/mol. The molecule has 10 nitrogen and oxygen atoms in total. The number of halogens is 2. The summed E-state index contributed by atoms with van der Waals surface area (Å²) in [5.41, 5.74) is 0.719. The Kier molecular flexibility index (Phi) is 11.3. The molecule has 5 rings (SSSR count). The first kappa shape index (κ1) is 34.8. The summed E-state index contributed by atoms with van der Waals surface area (Å²) in [4.78, 5) is 49.2. The van der Waals surface area contributed by atoms with E-state index in [1.165, 1.54) is 48.2 Å². The molecule has 1 saturated carbocycles. The second-order valence-corrected chi connectivity index (χ2v) is 13.2. The summed E-state index contributed by atoms with van der Waals surface area (Å²) in [5, 5.41) is 27.4. The molecule has 0 bridgehead atoms. The molecule has 2 aliphatic rings. The van der Waals surface area contributed by atoms with Crippen molar-refractivity contribution in [3.8, 4) is 5.75 Å². The lowest BCUT2D eigenvalue weighted by molar-refractivity contribution is -0.142. The maximum Gasteiger partial charge on any atom is 0.326 e. The molecule has 13 heteroatoms. The highest BCUT2D eigenvalue weighted by atomic mass is 32.2. The SMILES string of the molecule is O=C(COc1ccc([C@]2(c3ccc(F)cc3)NC(=O)[C@@H]2SCC(O)c2ccc(F)cc2)cc1)NCC(=O)N[C@H](CC1CCCC1)C(=O)O. The van der Waals surface area contributed by atoms with Crippen LogP contribution in [0.4, 0.5) is 8.78 Å². The van der Waals surface area contributed by atoms with E-state index in [2.05, 4.69) is 16.0 Å². The fraction of sp³-hybridized carbons (Fsp3) is 0.371. The molecule has 1 unspecified atom stereocenters. The molecule has 254 valence electrons. The third-order valence-electron chi connectivity index (χ3n) is 8.73. The molecule has 3 aromatic carbocycles. The fourth-order valence-corrected chi connectivity index (χ4v) is 7.54. The first-order valence-electron chi connectivity index (χ1n) is 15.7. The number of hydrogen-bond acceptors (Lipinski definition) is 7. The molecule has 4 atom stereocenters. The Labute approximate surface area is 280 Å². The Bertz CT molecular complexity index is 1600. The molecule has 1 aliphatic carbocycles. The minimum Gasteiger partial charge on any atom is -0.484 e. The topological polar surface area (TPSA) is 154 Å². The molecular weight excluding hydrogens is 644 g/mol. The van der Waals surface area contributed by atoms with Gasteiger partial charge in [0.2, 0.25) is 11.8 Å². The first-order valence-corrected chi connectivity index (χ1v) is 16.8. The van der Waals surface area contributed by atoms with Crippen LogP contribution in [0, 0.1) is 17.6 Å². The van der Waals surface area contributed by atoms with Gasteiger partial charge in [-0.3, -0.25) is 14.4 Å². The van der Waals surface area contributed by atoms with Gasteiger partial charge in [-0.15, -0.1) is 11.8 Å². The Morgan fingerprint density at radius 3 is 2.08 bits per heavy atom. The Morgan fingerprint density at radius 1 is 0.917 bits per heavy atom. The number of rotatable bonds is 15. The molecule has 1 aliphatic heterocycles.